The summed E-state index contributed by atoms with van der Waals surface area (Å²) in [6.07, 6.45) is 6.96. The Balaban J connectivity index is 1.63. The van der Waals surface area contributed by atoms with Crippen LogP contribution in [0.2, 0.25) is 0 Å². The number of benzene rings is 2. The van der Waals surface area contributed by atoms with Gasteiger partial charge in [0, 0.05) is 29.1 Å². The number of amides is 1. The summed E-state index contributed by atoms with van der Waals surface area (Å²) in [5.41, 5.74) is 4.26. The lowest BCUT2D eigenvalue weighted by atomic mass is 10.1. The second-order valence-electron chi connectivity index (χ2n) is 5.70. The molecule has 1 aromatic heterocycles. The SMILES string of the molecule is C/C=C/C=C/C(=O)NCc1ccc(-c2nc(-c3ccccc3)cs2)cc1. The van der Waals surface area contributed by atoms with E-state index in [0.717, 1.165) is 27.4 Å². The first-order chi connectivity index (χ1) is 12.8. The van der Waals surface area contributed by atoms with E-state index in [1.165, 1.54) is 6.08 Å². The highest BCUT2D eigenvalue weighted by molar-refractivity contribution is 7.13. The van der Waals surface area contributed by atoms with Crippen molar-refractivity contribution in [2.45, 2.75) is 13.5 Å². The molecule has 0 atom stereocenters. The van der Waals surface area contributed by atoms with E-state index in [2.05, 4.69) is 22.8 Å². The summed E-state index contributed by atoms with van der Waals surface area (Å²) in [5, 5.41) is 5.94. The van der Waals surface area contributed by atoms with Crippen LogP contribution in [0.4, 0.5) is 0 Å². The van der Waals surface area contributed by atoms with Crippen LogP contribution in [-0.2, 0) is 11.3 Å². The van der Waals surface area contributed by atoms with E-state index in [-0.39, 0.29) is 5.91 Å². The van der Waals surface area contributed by atoms with Gasteiger partial charge < -0.3 is 5.32 Å². The van der Waals surface area contributed by atoms with Crippen LogP contribution in [0.1, 0.15) is 12.5 Å². The fourth-order valence-electron chi connectivity index (χ4n) is 2.42. The van der Waals surface area contributed by atoms with Crippen molar-refractivity contribution < 1.29 is 4.79 Å². The van der Waals surface area contributed by atoms with E-state index in [1.54, 1.807) is 17.4 Å². The topological polar surface area (TPSA) is 42.0 Å². The van der Waals surface area contributed by atoms with Crippen molar-refractivity contribution in [1.82, 2.24) is 10.3 Å². The number of aromatic nitrogens is 1. The van der Waals surface area contributed by atoms with Gasteiger partial charge in [0.15, 0.2) is 0 Å². The molecule has 1 N–H and O–H groups in total. The molecule has 0 spiro atoms. The number of nitrogens with one attached hydrogen (secondary N) is 1. The molecule has 0 fully saturated rings. The van der Waals surface area contributed by atoms with Gasteiger partial charge in [-0.1, -0.05) is 72.8 Å². The summed E-state index contributed by atoms with van der Waals surface area (Å²) in [6.45, 7) is 2.42. The van der Waals surface area contributed by atoms with E-state index < -0.39 is 0 Å². The van der Waals surface area contributed by atoms with Gasteiger partial charge in [-0.2, -0.15) is 0 Å². The van der Waals surface area contributed by atoms with E-state index in [1.807, 2.05) is 61.5 Å². The quantitative estimate of drug-likeness (QED) is 0.483. The van der Waals surface area contributed by atoms with Gasteiger partial charge in [-0.15, -0.1) is 11.3 Å². The molecule has 26 heavy (non-hydrogen) atoms. The van der Waals surface area contributed by atoms with Crippen LogP contribution in [0.25, 0.3) is 21.8 Å². The molecule has 1 heterocycles. The predicted octanol–water partition coefficient (Wildman–Crippen LogP) is 5.23. The maximum atomic E-state index is 11.7. The molecular weight excluding hydrogens is 340 g/mol. The number of allylic oxidation sites excluding steroid dienone is 3. The number of nitrogens with zero attached hydrogens (tertiary/aromatic N) is 1. The number of hydrogen-bond acceptors (Lipinski definition) is 3. The Hall–Kier alpha value is -2.98. The Morgan fingerprint density at radius 2 is 1.81 bits per heavy atom. The standard InChI is InChI=1S/C22H20N2OS/c1-2-3-5-10-21(25)23-15-17-11-13-19(14-12-17)22-24-20(16-26-22)18-8-6-4-7-9-18/h2-14,16H,15H2,1H3,(H,23,25)/b3-2+,10-5+. The first-order valence-electron chi connectivity index (χ1n) is 8.44. The third kappa shape index (κ3) is 4.77. The van der Waals surface area contributed by atoms with Crippen molar-refractivity contribution in [1.29, 1.82) is 0 Å². The minimum absolute atomic E-state index is 0.0976. The summed E-state index contributed by atoms with van der Waals surface area (Å²) >= 11 is 1.64. The number of hydrogen-bond donors (Lipinski definition) is 1. The maximum absolute atomic E-state index is 11.7. The Morgan fingerprint density at radius 1 is 1.04 bits per heavy atom. The Kier molecular flexibility index (Phi) is 6.12. The second kappa shape index (κ2) is 8.92. The molecule has 2 aromatic carbocycles. The minimum atomic E-state index is -0.0976. The monoisotopic (exact) mass is 360 g/mol. The number of carbonyl (C=O) groups is 1. The zero-order chi connectivity index (χ0) is 18.2. The van der Waals surface area contributed by atoms with Crippen molar-refractivity contribution in [3.63, 3.8) is 0 Å². The molecular formula is C22H20N2OS. The lowest BCUT2D eigenvalue weighted by molar-refractivity contribution is -0.116. The summed E-state index contributed by atoms with van der Waals surface area (Å²) in [4.78, 5) is 16.4. The molecule has 3 aromatic rings. The number of carbonyl (C=O) groups excluding carboxylic acids is 1. The van der Waals surface area contributed by atoms with Gasteiger partial charge in [0.1, 0.15) is 5.01 Å². The Labute approximate surface area is 157 Å². The van der Waals surface area contributed by atoms with Gasteiger partial charge in [0.25, 0.3) is 0 Å². The second-order valence-corrected chi connectivity index (χ2v) is 6.56. The summed E-state index contributed by atoms with van der Waals surface area (Å²) in [6, 6.07) is 18.3. The van der Waals surface area contributed by atoms with Gasteiger partial charge in [-0.3, -0.25) is 4.79 Å². The zero-order valence-corrected chi connectivity index (χ0v) is 15.4. The lowest BCUT2D eigenvalue weighted by Crippen LogP contribution is -2.20. The smallest absolute Gasteiger partial charge is 0.244 e. The molecule has 0 bridgehead atoms. The molecule has 3 nitrogen and oxygen atoms in total. The molecule has 0 unspecified atom stereocenters. The van der Waals surface area contributed by atoms with E-state index in [9.17, 15) is 4.79 Å². The highest BCUT2D eigenvalue weighted by atomic mass is 32.1. The van der Waals surface area contributed by atoms with Crippen molar-refractivity contribution in [3.05, 3.63) is 89.8 Å². The summed E-state index contributed by atoms with van der Waals surface area (Å²) < 4.78 is 0. The summed E-state index contributed by atoms with van der Waals surface area (Å²) in [7, 11) is 0. The summed E-state index contributed by atoms with van der Waals surface area (Å²) in [5.74, 6) is -0.0976. The van der Waals surface area contributed by atoms with Crippen molar-refractivity contribution >= 4 is 17.2 Å². The van der Waals surface area contributed by atoms with Crippen LogP contribution in [-0.4, -0.2) is 10.9 Å². The van der Waals surface area contributed by atoms with Crippen LogP contribution in [0, 0.1) is 0 Å². The zero-order valence-electron chi connectivity index (χ0n) is 14.6. The lowest BCUT2D eigenvalue weighted by Gasteiger charge is -2.03. The van der Waals surface area contributed by atoms with Gasteiger partial charge in [-0.25, -0.2) is 4.98 Å². The van der Waals surface area contributed by atoms with Crippen LogP contribution in [0.3, 0.4) is 0 Å². The molecule has 3 rings (SSSR count). The van der Waals surface area contributed by atoms with Gasteiger partial charge in [0.2, 0.25) is 5.91 Å². The average Bonchev–Trinajstić information content (AvgIpc) is 3.18. The van der Waals surface area contributed by atoms with Gasteiger partial charge in [0.05, 0.1) is 5.69 Å². The largest absolute Gasteiger partial charge is 0.348 e. The highest BCUT2D eigenvalue weighted by Gasteiger charge is 2.06. The minimum Gasteiger partial charge on any atom is -0.348 e. The predicted molar refractivity (Wildman–Crippen MR) is 109 cm³/mol. The Morgan fingerprint density at radius 3 is 2.54 bits per heavy atom. The molecule has 0 aliphatic carbocycles. The normalized spacial score (nSPS) is 11.3. The molecule has 0 saturated carbocycles. The number of thiazole rings is 1. The Bertz CT molecular complexity index is 909. The fourth-order valence-corrected chi connectivity index (χ4v) is 3.25. The van der Waals surface area contributed by atoms with Crippen molar-refractivity contribution in [2.75, 3.05) is 0 Å². The number of rotatable bonds is 6. The highest BCUT2D eigenvalue weighted by Crippen LogP contribution is 2.28. The van der Waals surface area contributed by atoms with Crippen LogP contribution in [0.15, 0.2) is 84.3 Å². The van der Waals surface area contributed by atoms with E-state index >= 15 is 0 Å². The average molecular weight is 360 g/mol. The maximum Gasteiger partial charge on any atom is 0.244 e. The van der Waals surface area contributed by atoms with Gasteiger partial charge in [-0.05, 0) is 12.5 Å². The molecule has 0 aliphatic heterocycles. The van der Waals surface area contributed by atoms with Crippen molar-refractivity contribution in [3.8, 4) is 21.8 Å². The third-order valence-corrected chi connectivity index (χ3v) is 4.68. The third-order valence-electron chi connectivity index (χ3n) is 3.79. The van der Waals surface area contributed by atoms with Crippen molar-refractivity contribution in [2.24, 2.45) is 0 Å². The fraction of sp³-hybridized carbons (Fsp3) is 0.0909. The van der Waals surface area contributed by atoms with Crippen LogP contribution < -0.4 is 5.32 Å². The molecule has 0 saturated heterocycles. The van der Waals surface area contributed by atoms with Crippen LogP contribution >= 0.6 is 11.3 Å². The first kappa shape index (κ1) is 17.8. The molecule has 130 valence electrons. The molecule has 0 aliphatic rings. The van der Waals surface area contributed by atoms with E-state index in [4.69, 9.17) is 4.98 Å². The van der Waals surface area contributed by atoms with Crippen LogP contribution in [0.5, 0.6) is 0 Å². The molecule has 0 radical (unpaired) electrons. The van der Waals surface area contributed by atoms with Gasteiger partial charge >= 0.3 is 0 Å². The first-order valence-corrected chi connectivity index (χ1v) is 9.31. The molecule has 4 heteroatoms. The molecule has 1 amide bonds. The van der Waals surface area contributed by atoms with E-state index in [0.29, 0.717) is 6.54 Å².